The third-order valence-corrected chi connectivity index (χ3v) is 2.74. The Balaban J connectivity index is 3.60. The summed E-state index contributed by atoms with van der Waals surface area (Å²) in [5, 5.41) is 0. The predicted molar refractivity (Wildman–Crippen MR) is 60.7 cm³/mol. The van der Waals surface area contributed by atoms with Gasteiger partial charge in [0.05, 0.1) is 0 Å². The molecular formula is C12H24F2O2. The lowest BCUT2D eigenvalue weighted by atomic mass is 10.1. The number of ether oxygens (including phenoxy) is 2. The number of methoxy groups -OCH3 is 2. The molecule has 0 radical (unpaired) electrons. The van der Waals surface area contributed by atoms with Crippen molar-refractivity contribution in [1.82, 2.24) is 0 Å². The lowest BCUT2D eigenvalue weighted by Crippen LogP contribution is -2.38. The van der Waals surface area contributed by atoms with E-state index in [2.05, 4.69) is 16.4 Å². The van der Waals surface area contributed by atoms with Crippen LogP contribution in [-0.2, 0) is 9.47 Å². The molecule has 0 rings (SSSR count). The van der Waals surface area contributed by atoms with Crippen molar-refractivity contribution in [2.24, 2.45) is 0 Å². The summed E-state index contributed by atoms with van der Waals surface area (Å²) in [4.78, 5) is 0. The second-order valence-corrected chi connectivity index (χ2v) is 4.01. The molecule has 0 spiro atoms. The second-order valence-electron chi connectivity index (χ2n) is 4.01. The minimum atomic E-state index is -2.58. The Bertz CT molecular complexity index is 161. The van der Waals surface area contributed by atoms with Crippen LogP contribution in [0.2, 0.25) is 0 Å². The first-order valence-electron chi connectivity index (χ1n) is 6.04. The van der Waals surface area contributed by atoms with E-state index in [0.29, 0.717) is 6.42 Å². The fourth-order valence-corrected chi connectivity index (χ4v) is 1.62. The van der Waals surface area contributed by atoms with Gasteiger partial charge in [-0.05, 0) is 6.42 Å². The largest absolute Gasteiger partial charge is 0.352 e. The first kappa shape index (κ1) is 15.8. The van der Waals surface area contributed by atoms with Crippen molar-refractivity contribution < 1.29 is 18.3 Å². The zero-order chi connectivity index (χ0) is 12.4. The molecular weight excluding hydrogens is 214 g/mol. The van der Waals surface area contributed by atoms with Crippen molar-refractivity contribution >= 4 is 0 Å². The molecule has 0 saturated heterocycles. The SMILES string of the molecule is CCCCCCCCC(F)C(F)(OC)OC. The standard InChI is InChI=1S/C12H24F2O2/c1-4-5-6-7-8-9-10-11(13)12(14,15-2)16-3/h11H,4-10H2,1-3H3. The van der Waals surface area contributed by atoms with E-state index in [1.807, 2.05) is 0 Å². The Hall–Kier alpha value is -0.220. The number of rotatable bonds is 10. The molecule has 0 saturated carbocycles. The monoisotopic (exact) mass is 238 g/mol. The van der Waals surface area contributed by atoms with E-state index in [9.17, 15) is 8.78 Å². The summed E-state index contributed by atoms with van der Waals surface area (Å²) in [6, 6.07) is -2.58. The minimum absolute atomic E-state index is 0.143. The highest BCUT2D eigenvalue weighted by Gasteiger charge is 2.39. The number of hydrogen-bond acceptors (Lipinski definition) is 2. The van der Waals surface area contributed by atoms with E-state index in [-0.39, 0.29) is 6.42 Å². The van der Waals surface area contributed by atoms with E-state index in [0.717, 1.165) is 27.1 Å². The molecule has 1 unspecified atom stereocenters. The molecule has 0 aromatic carbocycles. The molecule has 0 aromatic rings. The zero-order valence-corrected chi connectivity index (χ0v) is 10.6. The van der Waals surface area contributed by atoms with Gasteiger partial charge in [-0.3, -0.25) is 0 Å². The van der Waals surface area contributed by atoms with Gasteiger partial charge in [0, 0.05) is 14.2 Å². The van der Waals surface area contributed by atoms with Crippen LogP contribution in [0, 0.1) is 0 Å². The maximum absolute atomic E-state index is 13.5. The average Bonchev–Trinajstić information content (AvgIpc) is 2.32. The normalized spacial score (nSPS) is 14.1. The maximum Gasteiger partial charge on any atom is 0.352 e. The van der Waals surface area contributed by atoms with Crippen molar-refractivity contribution in [3.05, 3.63) is 0 Å². The van der Waals surface area contributed by atoms with Gasteiger partial charge >= 0.3 is 6.04 Å². The van der Waals surface area contributed by atoms with Crippen LogP contribution in [0.4, 0.5) is 8.78 Å². The van der Waals surface area contributed by atoms with Gasteiger partial charge in [-0.15, -0.1) is 0 Å². The van der Waals surface area contributed by atoms with E-state index in [4.69, 9.17) is 0 Å². The summed E-state index contributed by atoms with van der Waals surface area (Å²) >= 11 is 0. The summed E-state index contributed by atoms with van der Waals surface area (Å²) in [6.45, 7) is 2.15. The van der Waals surface area contributed by atoms with Crippen LogP contribution in [0.1, 0.15) is 51.9 Å². The quantitative estimate of drug-likeness (QED) is 0.423. The number of unbranched alkanes of at least 4 members (excludes halogenated alkanes) is 5. The third-order valence-electron chi connectivity index (χ3n) is 2.74. The van der Waals surface area contributed by atoms with Crippen molar-refractivity contribution in [3.63, 3.8) is 0 Å². The fourth-order valence-electron chi connectivity index (χ4n) is 1.62. The smallest absolute Gasteiger partial charge is 0.325 e. The van der Waals surface area contributed by atoms with Gasteiger partial charge in [0.2, 0.25) is 0 Å². The first-order valence-corrected chi connectivity index (χ1v) is 6.04. The van der Waals surface area contributed by atoms with Crippen molar-refractivity contribution in [1.29, 1.82) is 0 Å². The Morgan fingerprint density at radius 2 is 1.50 bits per heavy atom. The second kappa shape index (κ2) is 8.88. The van der Waals surface area contributed by atoms with Gasteiger partial charge in [-0.1, -0.05) is 45.4 Å². The van der Waals surface area contributed by atoms with Gasteiger partial charge in [-0.2, -0.15) is 4.39 Å². The Labute approximate surface area is 97.3 Å². The molecule has 0 N–H and O–H groups in total. The molecule has 2 nitrogen and oxygen atoms in total. The van der Waals surface area contributed by atoms with Crippen LogP contribution in [0.3, 0.4) is 0 Å². The van der Waals surface area contributed by atoms with Gasteiger partial charge in [0.25, 0.3) is 0 Å². The number of hydrogen-bond donors (Lipinski definition) is 0. The average molecular weight is 238 g/mol. The molecule has 0 fully saturated rings. The highest BCUT2D eigenvalue weighted by molar-refractivity contribution is 4.68. The lowest BCUT2D eigenvalue weighted by Gasteiger charge is -2.24. The van der Waals surface area contributed by atoms with Crippen molar-refractivity contribution in [2.45, 2.75) is 64.1 Å². The fraction of sp³-hybridized carbons (Fsp3) is 1.00. The highest BCUT2D eigenvalue weighted by Crippen LogP contribution is 2.25. The zero-order valence-electron chi connectivity index (χ0n) is 10.6. The van der Waals surface area contributed by atoms with E-state index < -0.39 is 12.2 Å². The molecule has 16 heavy (non-hydrogen) atoms. The number of alkyl halides is 2. The van der Waals surface area contributed by atoms with Crippen LogP contribution in [0.15, 0.2) is 0 Å². The molecule has 0 aliphatic carbocycles. The van der Waals surface area contributed by atoms with Gasteiger partial charge in [0.1, 0.15) is 0 Å². The van der Waals surface area contributed by atoms with E-state index in [1.54, 1.807) is 0 Å². The molecule has 0 aromatic heterocycles. The molecule has 0 aliphatic rings. The van der Waals surface area contributed by atoms with Crippen molar-refractivity contribution in [2.75, 3.05) is 14.2 Å². The molecule has 0 aliphatic heterocycles. The molecule has 98 valence electrons. The summed E-state index contributed by atoms with van der Waals surface area (Å²) in [7, 11) is 2.22. The Kier molecular flexibility index (Phi) is 8.76. The van der Waals surface area contributed by atoms with Crippen LogP contribution < -0.4 is 0 Å². The van der Waals surface area contributed by atoms with E-state index >= 15 is 0 Å². The summed E-state index contributed by atoms with van der Waals surface area (Å²) in [5.74, 6) is 0. The first-order chi connectivity index (χ1) is 7.60. The van der Waals surface area contributed by atoms with Crippen LogP contribution in [0.5, 0.6) is 0 Å². The summed E-state index contributed by atoms with van der Waals surface area (Å²) in [6.07, 6.45) is 4.68. The minimum Gasteiger partial charge on any atom is -0.325 e. The highest BCUT2D eigenvalue weighted by atomic mass is 19.2. The summed E-state index contributed by atoms with van der Waals surface area (Å²) < 4.78 is 35.6. The molecule has 1 atom stereocenters. The predicted octanol–water partition coefficient (Wildman–Crippen LogP) is 3.99. The lowest BCUT2D eigenvalue weighted by molar-refractivity contribution is -0.324. The van der Waals surface area contributed by atoms with E-state index in [1.165, 1.54) is 19.3 Å². The van der Waals surface area contributed by atoms with Crippen LogP contribution in [0.25, 0.3) is 0 Å². The Morgan fingerprint density at radius 1 is 1.00 bits per heavy atom. The van der Waals surface area contributed by atoms with Crippen LogP contribution in [-0.4, -0.2) is 26.4 Å². The van der Waals surface area contributed by atoms with Crippen molar-refractivity contribution in [3.8, 4) is 0 Å². The topological polar surface area (TPSA) is 18.5 Å². The van der Waals surface area contributed by atoms with Gasteiger partial charge < -0.3 is 9.47 Å². The van der Waals surface area contributed by atoms with Gasteiger partial charge in [0.15, 0.2) is 6.17 Å². The van der Waals surface area contributed by atoms with Gasteiger partial charge in [-0.25, -0.2) is 4.39 Å². The Morgan fingerprint density at radius 3 is 2.00 bits per heavy atom. The molecule has 0 heterocycles. The number of halogens is 2. The molecule has 4 heteroatoms. The van der Waals surface area contributed by atoms with Crippen LogP contribution >= 0.6 is 0 Å². The summed E-state index contributed by atoms with van der Waals surface area (Å²) in [5.41, 5.74) is 0. The molecule has 0 bridgehead atoms. The molecule has 0 amide bonds. The maximum atomic E-state index is 13.5. The third kappa shape index (κ3) is 5.75.